The zero-order valence-electron chi connectivity index (χ0n) is 14.9. The van der Waals surface area contributed by atoms with Crippen LogP contribution in [0.1, 0.15) is 42.5 Å². The lowest BCUT2D eigenvalue weighted by atomic mass is 9.73. The Kier molecular flexibility index (Phi) is 3.56. The molecule has 2 atom stereocenters. The molecule has 1 aromatic rings. The normalized spacial score (nSPS) is 24.8. The van der Waals surface area contributed by atoms with Crippen molar-refractivity contribution in [2.45, 2.75) is 38.3 Å². The van der Waals surface area contributed by atoms with Crippen molar-refractivity contribution in [1.29, 1.82) is 0 Å². The molecule has 1 N–H and O–H groups in total. The van der Waals surface area contributed by atoms with Gasteiger partial charge in [0, 0.05) is 35.1 Å². The third-order valence-electron chi connectivity index (χ3n) is 5.70. The first-order valence-electron chi connectivity index (χ1n) is 8.56. The number of aryl methyl sites for hydroxylation is 1. The van der Waals surface area contributed by atoms with Crippen LogP contribution in [0.15, 0.2) is 16.9 Å². The van der Waals surface area contributed by atoms with Crippen LogP contribution in [0.4, 0.5) is 5.69 Å². The molecule has 12 nitrogen and oxygen atoms in total. The summed E-state index contributed by atoms with van der Waals surface area (Å²) in [5, 5.41) is 51.9. The molecule has 0 amide bonds. The fraction of sp³-hybridized carbons (Fsp3) is 0.438. The predicted molar refractivity (Wildman–Crippen MR) is 94.6 cm³/mol. The van der Waals surface area contributed by atoms with Gasteiger partial charge in [0.05, 0.1) is 21.1 Å². The molecule has 0 aromatic heterocycles. The van der Waals surface area contributed by atoms with Gasteiger partial charge in [0.25, 0.3) is 11.2 Å². The van der Waals surface area contributed by atoms with Gasteiger partial charge >= 0.3 is 5.70 Å². The van der Waals surface area contributed by atoms with Gasteiger partial charge in [0.15, 0.2) is 0 Å². The van der Waals surface area contributed by atoms with Gasteiger partial charge in [-0.1, -0.05) is 0 Å². The third kappa shape index (κ3) is 1.89. The first-order chi connectivity index (χ1) is 13.2. The molecule has 28 heavy (non-hydrogen) atoms. The topological polar surface area (TPSA) is 165 Å². The molecule has 1 aliphatic heterocycles. The molecule has 0 spiro atoms. The highest BCUT2D eigenvalue weighted by atomic mass is 16.6. The number of aliphatic hydroxyl groups excluding tert-OH is 1. The van der Waals surface area contributed by atoms with E-state index in [2.05, 4.69) is 5.10 Å². The van der Waals surface area contributed by atoms with Crippen LogP contribution in [0.25, 0.3) is 5.70 Å². The van der Waals surface area contributed by atoms with Gasteiger partial charge in [0.2, 0.25) is 6.10 Å². The van der Waals surface area contributed by atoms with Crippen LogP contribution >= 0.6 is 0 Å². The van der Waals surface area contributed by atoms with Crippen molar-refractivity contribution in [2.75, 3.05) is 6.54 Å². The Hall–Kier alpha value is -3.41. The van der Waals surface area contributed by atoms with Crippen LogP contribution < -0.4 is 0 Å². The van der Waals surface area contributed by atoms with Crippen molar-refractivity contribution < 1.29 is 19.9 Å². The lowest BCUT2D eigenvalue weighted by Gasteiger charge is -2.37. The summed E-state index contributed by atoms with van der Waals surface area (Å²) in [5.74, 6) is 0. The van der Waals surface area contributed by atoms with Crippen LogP contribution in [-0.2, 0) is 12.0 Å². The summed E-state index contributed by atoms with van der Waals surface area (Å²) >= 11 is 0. The van der Waals surface area contributed by atoms with Crippen LogP contribution in [0.5, 0.6) is 0 Å². The van der Waals surface area contributed by atoms with Crippen molar-refractivity contribution in [3.63, 3.8) is 0 Å². The second-order valence-corrected chi connectivity index (χ2v) is 6.91. The molecule has 146 valence electrons. The van der Waals surface area contributed by atoms with Crippen molar-refractivity contribution in [2.24, 2.45) is 5.10 Å². The Labute approximate surface area is 157 Å². The molecular weight excluding hydrogens is 374 g/mol. The standard InChI is InChI=1S/C16H15N5O7/c1-3-18-13-11-10(7(2)17-18)9(19(23)24)6-8-4-5-16(12(8)11,21(27)28)15(22)14(13)20(25)26/h6,15,22H,3-5H2,1-2H3. The summed E-state index contributed by atoms with van der Waals surface area (Å²) in [5.41, 5.74) is -2.47. The number of hydrazone groups is 1. The van der Waals surface area contributed by atoms with E-state index in [1.807, 2.05) is 0 Å². The Bertz CT molecular complexity index is 1050. The Morgan fingerprint density at radius 2 is 1.93 bits per heavy atom. The molecule has 1 aromatic carbocycles. The van der Waals surface area contributed by atoms with Crippen LogP contribution in [-0.4, -0.2) is 43.2 Å². The highest BCUT2D eigenvalue weighted by Crippen LogP contribution is 2.55. The molecule has 0 saturated carbocycles. The SMILES string of the molecule is CCN1N=C(C)c2c([N+](=O)[O-])cc3c4c2C1=C([N+](=O)[O-])C(O)C4([N+](=O)[O-])CC3. The number of hydrogen-bond donors (Lipinski definition) is 1. The number of nitro groups is 3. The quantitative estimate of drug-likeness (QED) is 0.596. The lowest BCUT2D eigenvalue weighted by molar-refractivity contribution is -0.598. The monoisotopic (exact) mass is 389 g/mol. The highest BCUT2D eigenvalue weighted by molar-refractivity contribution is 6.09. The van der Waals surface area contributed by atoms with Crippen molar-refractivity contribution in [3.05, 3.63) is 64.4 Å². The van der Waals surface area contributed by atoms with Gasteiger partial charge in [0.1, 0.15) is 5.70 Å². The zero-order valence-corrected chi connectivity index (χ0v) is 14.9. The van der Waals surface area contributed by atoms with E-state index in [4.69, 9.17) is 0 Å². The van der Waals surface area contributed by atoms with E-state index in [-0.39, 0.29) is 53.2 Å². The Balaban J connectivity index is 2.27. The number of nitrogens with zero attached hydrogens (tertiary/aromatic N) is 5. The molecule has 0 fully saturated rings. The van der Waals surface area contributed by atoms with Gasteiger partial charge in [-0.25, -0.2) is 0 Å². The van der Waals surface area contributed by atoms with Gasteiger partial charge in [-0.2, -0.15) is 5.10 Å². The molecule has 2 aliphatic carbocycles. The first-order valence-corrected chi connectivity index (χ1v) is 8.56. The third-order valence-corrected chi connectivity index (χ3v) is 5.70. The number of rotatable bonds is 4. The minimum atomic E-state index is -2.11. The lowest BCUT2D eigenvalue weighted by Crippen LogP contribution is -2.51. The Morgan fingerprint density at radius 3 is 2.46 bits per heavy atom. The van der Waals surface area contributed by atoms with E-state index in [9.17, 15) is 35.4 Å². The number of nitro benzene ring substituents is 1. The predicted octanol–water partition coefficient (Wildman–Crippen LogP) is 1.39. The van der Waals surface area contributed by atoms with Gasteiger partial charge in [-0.05, 0) is 25.8 Å². The second-order valence-electron chi connectivity index (χ2n) is 6.91. The summed E-state index contributed by atoms with van der Waals surface area (Å²) in [7, 11) is 0. The molecule has 12 heteroatoms. The summed E-state index contributed by atoms with van der Waals surface area (Å²) in [6, 6.07) is 1.27. The van der Waals surface area contributed by atoms with E-state index < -0.39 is 32.1 Å². The average molecular weight is 389 g/mol. The minimum absolute atomic E-state index is 0.0304. The fourth-order valence-electron chi connectivity index (χ4n) is 4.61. The van der Waals surface area contributed by atoms with E-state index >= 15 is 0 Å². The molecule has 4 rings (SSSR count). The van der Waals surface area contributed by atoms with Gasteiger partial charge in [-0.3, -0.25) is 35.4 Å². The molecule has 2 unspecified atom stereocenters. The maximum absolute atomic E-state index is 12.1. The number of aliphatic hydroxyl groups is 1. The number of benzene rings is 1. The molecule has 3 aliphatic rings. The summed E-state index contributed by atoms with van der Waals surface area (Å²) in [4.78, 5) is 33.4. The second kappa shape index (κ2) is 5.55. The smallest absolute Gasteiger partial charge is 0.308 e. The van der Waals surface area contributed by atoms with Crippen molar-refractivity contribution >= 4 is 17.1 Å². The van der Waals surface area contributed by atoms with Crippen LogP contribution in [0.3, 0.4) is 0 Å². The van der Waals surface area contributed by atoms with E-state index in [1.54, 1.807) is 6.92 Å². The largest absolute Gasteiger partial charge is 0.376 e. The van der Waals surface area contributed by atoms with Gasteiger partial charge < -0.3 is 5.11 Å². The molecule has 0 radical (unpaired) electrons. The maximum atomic E-state index is 12.1. The van der Waals surface area contributed by atoms with E-state index in [1.165, 1.54) is 18.0 Å². The van der Waals surface area contributed by atoms with Gasteiger partial charge in [-0.15, -0.1) is 0 Å². The molecule has 1 heterocycles. The summed E-state index contributed by atoms with van der Waals surface area (Å²) in [6.45, 7) is 3.37. The average Bonchev–Trinajstić information content (AvgIpc) is 3.02. The molecular formula is C16H15N5O7. The maximum Gasteiger partial charge on any atom is 0.308 e. The first kappa shape index (κ1) is 18.0. The van der Waals surface area contributed by atoms with E-state index in [0.29, 0.717) is 5.56 Å². The zero-order chi connectivity index (χ0) is 20.5. The summed E-state index contributed by atoms with van der Waals surface area (Å²) in [6.07, 6.45) is -2.09. The fourth-order valence-corrected chi connectivity index (χ4v) is 4.61. The number of hydrogen-bond acceptors (Lipinski definition) is 9. The highest BCUT2D eigenvalue weighted by Gasteiger charge is 2.66. The van der Waals surface area contributed by atoms with Crippen LogP contribution in [0.2, 0.25) is 0 Å². The van der Waals surface area contributed by atoms with E-state index in [0.717, 1.165) is 0 Å². The molecule has 0 saturated heterocycles. The van der Waals surface area contributed by atoms with Crippen molar-refractivity contribution in [1.82, 2.24) is 5.01 Å². The van der Waals surface area contributed by atoms with Crippen LogP contribution in [0, 0.1) is 30.3 Å². The molecule has 0 bridgehead atoms. The Morgan fingerprint density at radius 1 is 1.25 bits per heavy atom. The van der Waals surface area contributed by atoms with Crippen molar-refractivity contribution in [3.8, 4) is 0 Å². The minimum Gasteiger partial charge on any atom is -0.376 e. The summed E-state index contributed by atoms with van der Waals surface area (Å²) < 4.78 is 0.